The van der Waals surface area contributed by atoms with Gasteiger partial charge in [0.1, 0.15) is 0 Å². The van der Waals surface area contributed by atoms with E-state index in [1.807, 2.05) is 13.8 Å². The Morgan fingerprint density at radius 3 is 2.47 bits per heavy atom. The van der Waals surface area contributed by atoms with E-state index in [2.05, 4.69) is 14.8 Å². The van der Waals surface area contributed by atoms with Gasteiger partial charge >= 0.3 is 6.09 Å². The summed E-state index contributed by atoms with van der Waals surface area (Å²) in [6.45, 7) is 4.18. The van der Waals surface area contributed by atoms with Gasteiger partial charge < -0.3 is 9.47 Å². The van der Waals surface area contributed by atoms with Crippen LogP contribution in [0.1, 0.15) is 25.6 Å². The summed E-state index contributed by atoms with van der Waals surface area (Å²) in [7, 11) is 4.15. The van der Waals surface area contributed by atoms with Crippen LogP contribution in [0.3, 0.4) is 0 Å². The first-order valence-electron chi connectivity index (χ1n) is 5.71. The average molecular weight is 273 g/mol. The van der Waals surface area contributed by atoms with Crippen LogP contribution in [-0.2, 0) is 21.0 Å². The maximum absolute atomic E-state index is 11.7. The Hall–Kier alpha value is -1.64. The monoisotopic (exact) mass is 273 g/mol. The second-order valence-corrected chi connectivity index (χ2v) is 3.94. The van der Waals surface area contributed by atoms with Crippen molar-refractivity contribution in [2.45, 2.75) is 26.5 Å². The highest BCUT2D eigenvalue weighted by Crippen LogP contribution is 2.20. The molecule has 0 atom stereocenters. The van der Waals surface area contributed by atoms with Crippen LogP contribution in [0, 0.1) is 0 Å². The molecule has 0 aliphatic carbocycles. The van der Waals surface area contributed by atoms with Gasteiger partial charge in [0.25, 0.3) is 0 Å². The molecule has 8 nitrogen and oxygen atoms in total. The van der Waals surface area contributed by atoms with Crippen molar-refractivity contribution in [3.8, 4) is 5.88 Å². The van der Waals surface area contributed by atoms with Gasteiger partial charge in [-0.1, -0.05) is 0 Å². The number of aromatic nitrogens is 2. The average Bonchev–Trinajstić information content (AvgIpc) is 2.74. The van der Waals surface area contributed by atoms with Crippen molar-refractivity contribution in [2.24, 2.45) is 0 Å². The fourth-order valence-electron chi connectivity index (χ4n) is 1.44. The van der Waals surface area contributed by atoms with Crippen molar-refractivity contribution in [3.05, 3.63) is 11.8 Å². The van der Waals surface area contributed by atoms with Crippen molar-refractivity contribution in [3.63, 3.8) is 0 Å². The summed E-state index contributed by atoms with van der Waals surface area (Å²) in [5.41, 5.74) is 0.667. The van der Waals surface area contributed by atoms with Gasteiger partial charge in [-0.25, -0.2) is 19.2 Å². The molecule has 0 aliphatic rings. The van der Waals surface area contributed by atoms with Crippen molar-refractivity contribution < 1.29 is 23.9 Å². The van der Waals surface area contributed by atoms with E-state index >= 15 is 0 Å². The fourth-order valence-corrected chi connectivity index (χ4v) is 1.44. The number of rotatable bonds is 6. The molecular weight excluding hydrogens is 254 g/mol. The third-order valence-corrected chi connectivity index (χ3v) is 2.21. The minimum absolute atomic E-state index is 0.0342. The van der Waals surface area contributed by atoms with E-state index in [1.54, 1.807) is 17.9 Å². The van der Waals surface area contributed by atoms with Crippen molar-refractivity contribution >= 4 is 6.09 Å². The zero-order chi connectivity index (χ0) is 14.4. The standard InChI is InChI=1S/C11H19N3O5/c1-8(2)13-10(6-9(12-13)7-16-3)19-11(15)14(17-4)18-5/h6,8H,7H2,1-5H3. The summed E-state index contributed by atoms with van der Waals surface area (Å²) in [5.74, 6) is 0.297. The van der Waals surface area contributed by atoms with E-state index < -0.39 is 6.09 Å². The van der Waals surface area contributed by atoms with Crippen LogP contribution >= 0.6 is 0 Å². The first-order chi connectivity index (χ1) is 9.03. The molecule has 0 radical (unpaired) electrons. The molecule has 0 saturated heterocycles. The van der Waals surface area contributed by atoms with E-state index in [9.17, 15) is 4.79 Å². The molecule has 0 spiro atoms. The van der Waals surface area contributed by atoms with Gasteiger partial charge in [-0.2, -0.15) is 5.10 Å². The summed E-state index contributed by atoms with van der Waals surface area (Å²) in [4.78, 5) is 21.0. The molecule has 0 aliphatic heterocycles. The topological polar surface area (TPSA) is 75.1 Å². The maximum Gasteiger partial charge on any atom is 0.466 e. The molecule has 19 heavy (non-hydrogen) atoms. The molecule has 1 amide bonds. The fraction of sp³-hybridized carbons (Fsp3) is 0.636. The highest BCUT2D eigenvalue weighted by molar-refractivity contribution is 5.67. The molecule has 0 unspecified atom stereocenters. The Kier molecular flexibility index (Phi) is 5.74. The lowest BCUT2D eigenvalue weighted by Gasteiger charge is -2.16. The number of carbonyl (C=O) groups is 1. The van der Waals surface area contributed by atoms with Crippen LogP contribution in [0.25, 0.3) is 0 Å². The predicted molar refractivity (Wildman–Crippen MR) is 65.2 cm³/mol. The van der Waals surface area contributed by atoms with Crippen molar-refractivity contribution in [1.82, 2.24) is 15.0 Å². The molecule has 0 saturated carbocycles. The number of ether oxygens (including phenoxy) is 2. The highest BCUT2D eigenvalue weighted by Gasteiger charge is 2.20. The summed E-state index contributed by atoms with van der Waals surface area (Å²) < 4.78 is 11.7. The van der Waals surface area contributed by atoms with Gasteiger partial charge in [-0.3, -0.25) is 0 Å². The molecule has 1 aromatic rings. The Bertz CT molecular complexity index is 414. The molecule has 0 fully saturated rings. The summed E-state index contributed by atoms with van der Waals surface area (Å²) in [5, 5.41) is 4.90. The van der Waals surface area contributed by atoms with Gasteiger partial charge in [-0.15, -0.1) is 0 Å². The minimum atomic E-state index is -0.796. The quantitative estimate of drug-likeness (QED) is 0.732. The molecule has 1 aromatic heterocycles. The number of hydroxylamine groups is 2. The SMILES string of the molecule is COCc1cc(OC(=O)N(OC)OC)n(C(C)C)n1. The second kappa shape index (κ2) is 7.07. The Morgan fingerprint density at radius 2 is 2.00 bits per heavy atom. The Morgan fingerprint density at radius 1 is 1.37 bits per heavy atom. The number of carbonyl (C=O) groups excluding carboxylic acids is 1. The van der Waals surface area contributed by atoms with Gasteiger partial charge in [-0.05, 0) is 19.1 Å². The Balaban J connectivity index is 2.89. The second-order valence-electron chi connectivity index (χ2n) is 3.94. The minimum Gasteiger partial charge on any atom is -0.388 e. The third kappa shape index (κ3) is 3.91. The van der Waals surface area contributed by atoms with Crippen LogP contribution in [0.5, 0.6) is 5.88 Å². The molecule has 1 rings (SSSR count). The zero-order valence-corrected chi connectivity index (χ0v) is 11.7. The number of methoxy groups -OCH3 is 1. The highest BCUT2D eigenvalue weighted by atomic mass is 17.0. The number of hydrogen-bond acceptors (Lipinski definition) is 6. The first-order valence-corrected chi connectivity index (χ1v) is 5.71. The van der Waals surface area contributed by atoms with Gasteiger partial charge in [0.05, 0.1) is 32.6 Å². The maximum atomic E-state index is 11.7. The van der Waals surface area contributed by atoms with Gasteiger partial charge in [0.2, 0.25) is 5.88 Å². The van der Waals surface area contributed by atoms with Crippen LogP contribution < -0.4 is 4.74 Å². The zero-order valence-electron chi connectivity index (χ0n) is 11.7. The van der Waals surface area contributed by atoms with E-state index in [0.717, 1.165) is 0 Å². The number of hydrogen-bond donors (Lipinski definition) is 0. The van der Waals surface area contributed by atoms with Crippen molar-refractivity contribution in [2.75, 3.05) is 21.3 Å². The van der Waals surface area contributed by atoms with E-state index in [1.165, 1.54) is 14.2 Å². The van der Waals surface area contributed by atoms with Crippen LogP contribution in [0.15, 0.2) is 6.07 Å². The molecule has 8 heteroatoms. The smallest absolute Gasteiger partial charge is 0.388 e. The largest absolute Gasteiger partial charge is 0.466 e. The van der Waals surface area contributed by atoms with E-state index in [0.29, 0.717) is 23.4 Å². The number of amides is 1. The lowest BCUT2D eigenvalue weighted by atomic mass is 10.4. The van der Waals surface area contributed by atoms with E-state index in [4.69, 9.17) is 9.47 Å². The third-order valence-electron chi connectivity index (χ3n) is 2.21. The van der Waals surface area contributed by atoms with Crippen LogP contribution in [0.4, 0.5) is 4.79 Å². The molecule has 108 valence electrons. The molecule has 0 bridgehead atoms. The lowest BCUT2D eigenvalue weighted by molar-refractivity contribution is -0.305. The van der Waals surface area contributed by atoms with E-state index in [-0.39, 0.29) is 6.04 Å². The summed E-state index contributed by atoms with van der Waals surface area (Å²) >= 11 is 0. The first kappa shape index (κ1) is 15.4. The Labute approximate surface area is 111 Å². The van der Waals surface area contributed by atoms with Crippen LogP contribution in [0.2, 0.25) is 0 Å². The predicted octanol–water partition coefficient (Wildman–Crippen LogP) is 1.53. The van der Waals surface area contributed by atoms with Gasteiger partial charge in [0, 0.05) is 13.2 Å². The lowest BCUT2D eigenvalue weighted by Crippen LogP contribution is -2.32. The summed E-state index contributed by atoms with van der Waals surface area (Å²) in [6.07, 6.45) is -0.796. The van der Waals surface area contributed by atoms with Crippen molar-refractivity contribution in [1.29, 1.82) is 0 Å². The molecule has 0 N–H and O–H groups in total. The van der Waals surface area contributed by atoms with Crippen LogP contribution in [-0.4, -0.2) is 42.4 Å². The van der Waals surface area contributed by atoms with Gasteiger partial charge in [0.15, 0.2) is 0 Å². The molecular formula is C11H19N3O5. The normalized spacial score (nSPS) is 10.8. The number of nitrogens with zero attached hydrogens (tertiary/aromatic N) is 3. The molecule has 1 heterocycles. The molecule has 0 aromatic carbocycles. The summed E-state index contributed by atoms with van der Waals surface area (Å²) in [6, 6.07) is 1.66.